The van der Waals surface area contributed by atoms with Crippen LogP contribution in [0.25, 0.3) is 11.0 Å². The molecule has 0 bridgehead atoms. The molecule has 1 heterocycles. The van der Waals surface area contributed by atoms with Crippen LogP contribution < -0.4 is 15.5 Å². The maximum absolute atomic E-state index is 14.2. The fourth-order valence-corrected chi connectivity index (χ4v) is 4.37. The van der Waals surface area contributed by atoms with Crippen molar-refractivity contribution in [1.82, 2.24) is 20.3 Å². The third-order valence-corrected chi connectivity index (χ3v) is 6.77. The van der Waals surface area contributed by atoms with Crippen molar-refractivity contribution in [2.24, 2.45) is 0 Å². The van der Waals surface area contributed by atoms with Crippen LogP contribution in [0.1, 0.15) is 51.3 Å². The predicted molar refractivity (Wildman–Crippen MR) is 152 cm³/mol. The first-order valence-corrected chi connectivity index (χ1v) is 12.9. The molecular weight excluding hydrogens is 492 g/mol. The molecule has 0 aliphatic carbocycles. The molecule has 1 unspecified atom stereocenters. The molecule has 9 heteroatoms. The van der Waals surface area contributed by atoms with Crippen molar-refractivity contribution in [2.45, 2.75) is 59.2 Å². The van der Waals surface area contributed by atoms with Crippen molar-refractivity contribution in [2.75, 3.05) is 10.2 Å². The number of hydrogen-bond acceptors (Lipinski definition) is 5. The molecule has 9 nitrogen and oxygen atoms in total. The lowest BCUT2D eigenvalue weighted by Gasteiger charge is -2.35. The van der Waals surface area contributed by atoms with Crippen molar-refractivity contribution < 1.29 is 14.4 Å². The second-order valence-corrected chi connectivity index (χ2v) is 10.2. The van der Waals surface area contributed by atoms with Gasteiger partial charge < -0.3 is 10.6 Å². The Bertz CT molecular complexity index is 1490. The highest BCUT2D eigenvalue weighted by Crippen LogP contribution is 2.32. The predicted octanol–water partition coefficient (Wildman–Crippen LogP) is 4.78. The van der Waals surface area contributed by atoms with Gasteiger partial charge in [0.25, 0.3) is 0 Å². The summed E-state index contributed by atoms with van der Waals surface area (Å²) in [5.74, 6) is -0.831. The van der Waals surface area contributed by atoms with Crippen LogP contribution in [0.15, 0.2) is 72.8 Å². The number of anilines is 2. The molecule has 0 radical (unpaired) electrons. The molecule has 0 aliphatic heterocycles. The zero-order valence-corrected chi connectivity index (χ0v) is 22.9. The van der Waals surface area contributed by atoms with Gasteiger partial charge in [-0.3, -0.25) is 19.3 Å². The first kappa shape index (κ1) is 27.5. The zero-order chi connectivity index (χ0) is 28.2. The molecule has 2 N–H and O–H groups in total. The summed E-state index contributed by atoms with van der Waals surface area (Å²) in [4.78, 5) is 41.3. The van der Waals surface area contributed by atoms with Crippen molar-refractivity contribution in [3.05, 3.63) is 83.9 Å². The Morgan fingerprint density at radius 2 is 1.64 bits per heavy atom. The van der Waals surface area contributed by atoms with Gasteiger partial charge in [-0.1, -0.05) is 48.5 Å². The monoisotopic (exact) mass is 526 g/mol. The molecule has 0 fully saturated rings. The van der Waals surface area contributed by atoms with E-state index in [1.165, 1.54) is 11.8 Å². The molecule has 39 heavy (non-hydrogen) atoms. The van der Waals surface area contributed by atoms with E-state index in [4.69, 9.17) is 0 Å². The van der Waals surface area contributed by atoms with Gasteiger partial charge in [0.15, 0.2) is 0 Å². The summed E-state index contributed by atoms with van der Waals surface area (Å²) < 4.78 is 1.54. The maximum atomic E-state index is 14.2. The van der Waals surface area contributed by atoms with Crippen molar-refractivity contribution in [3.63, 3.8) is 0 Å². The number of nitrogens with zero attached hydrogens (tertiary/aromatic N) is 4. The van der Waals surface area contributed by atoms with E-state index in [9.17, 15) is 14.4 Å². The van der Waals surface area contributed by atoms with E-state index in [0.717, 1.165) is 11.1 Å². The number of carbonyl (C=O) groups excluding carboxylic acids is 3. The minimum Gasteiger partial charge on any atom is -0.349 e. The summed E-state index contributed by atoms with van der Waals surface area (Å²) >= 11 is 0. The molecule has 3 amide bonds. The number of nitrogens with one attached hydrogen (secondary N) is 2. The van der Waals surface area contributed by atoms with E-state index >= 15 is 0 Å². The van der Waals surface area contributed by atoms with Gasteiger partial charge in [0.05, 0.1) is 5.52 Å². The highest BCUT2D eigenvalue weighted by atomic mass is 16.2. The SMILES string of the molecule is CCC(C)(C)NC(=O)C(c1ccccc1C)N(C(=O)Cn1nnc2ccccc21)c1ccc(NC(C)=O)cc1. The molecule has 4 rings (SSSR count). The summed E-state index contributed by atoms with van der Waals surface area (Å²) in [5.41, 5.74) is 3.60. The smallest absolute Gasteiger partial charge is 0.249 e. The third kappa shape index (κ3) is 6.31. The molecule has 0 aliphatic rings. The van der Waals surface area contributed by atoms with E-state index < -0.39 is 11.6 Å². The van der Waals surface area contributed by atoms with E-state index in [-0.39, 0.29) is 24.3 Å². The molecule has 0 saturated carbocycles. The van der Waals surface area contributed by atoms with Gasteiger partial charge in [0.2, 0.25) is 17.7 Å². The Labute approximate surface area is 228 Å². The van der Waals surface area contributed by atoms with E-state index in [2.05, 4.69) is 20.9 Å². The number of aromatic nitrogens is 3. The lowest BCUT2D eigenvalue weighted by atomic mass is 9.95. The summed E-state index contributed by atoms with van der Waals surface area (Å²) in [7, 11) is 0. The van der Waals surface area contributed by atoms with Gasteiger partial charge in [-0.15, -0.1) is 5.10 Å². The Morgan fingerprint density at radius 1 is 0.974 bits per heavy atom. The van der Waals surface area contributed by atoms with Crippen molar-refractivity contribution >= 4 is 40.1 Å². The van der Waals surface area contributed by atoms with Crippen LogP contribution in [0.4, 0.5) is 11.4 Å². The molecule has 202 valence electrons. The van der Waals surface area contributed by atoms with Crippen LogP contribution in [0, 0.1) is 6.92 Å². The fourth-order valence-electron chi connectivity index (χ4n) is 4.37. The number of fused-ring (bicyclic) bond motifs is 1. The maximum Gasteiger partial charge on any atom is 0.249 e. The molecule has 0 spiro atoms. The molecule has 0 saturated heterocycles. The lowest BCUT2D eigenvalue weighted by Crippen LogP contribution is -2.51. The molecule has 4 aromatic rings. The summed E-state index contributed by atoms with van der Waals surface area (Å²) in [6.45, 7) is 9.14. The first-order chi connectivity index (χ1) is 18.6. The Kier molecular flexibility index (Phi) is 8.09. The van der Waals surface area contributed by atoms with Crippen LogP contribution in [0.5, 0.6) is 0 Å². The van der Waals surface area contributed by atoms with Crippen LogP contribution >= 0.6 is 0 Å². The Morgan fingerprint density at radius 3 is 2.31 bits per heavy atom. The number of aryl methyl sites for hydroxylation is 1. The topological polar surface area (TPSA) is 109 Å². The normalized spacial score (nSPS) is 12.1. The van der Waals surface area contributed by atoms with Crippen LogP contribution in [-0.4, -0.2) is 38.3 Å². The summed E-state index contributed by atoms with van der Waals surface area (Å²) in [6.07, 6.45) is 0.712. The van der Waals surface area contributed by atoms with Crippen molar-refractivity contribution in [1.29, 1.82) is 0 Å². The highest BCUT2D eigenvalue weighted by molar-refractivity contribution is 6.02. The third-order valence-electron chi connectivity index (χ3n) is 6.77. The quantitative estimate of drug-likeness (QED) is 0.326. The molecule has 3 aromatic carbocycles. The minimum atomic E-state index is -0.953. The largest absolute Gasteiger partial charge is 0.349 e. The lowest BCUT2D eigenvalue weighted by molar-refractivity contribution is -0.128. The second-order valence-electron chi connectivity index (χ2n) is 10.2. The fraction of sp³-hybridized carbons (Fsp3) is 0.300. The molecule has 1 aromatic heterocycles. The number of benzene rings is 3. The Balaban J connectivity index is 1.83. The summed E-state index contributed by atoms with van der Waals surface area (Å²) in [6, 6.07) is 20.9. The average Bonchev–Trinajstić information content (AvgIpc) is 3.30. The number of amides is 3. The van der Waals surface area contributed by atoms with Gasteiger partial charge in [-0.25, -0.2) is 4.68 Å². The van der Waals surface area contributed by atoms with Crippen LogP contribution in [0.3, 0.4) is 0 Å². The number of para-hydroxylation sites is 1. The number of rotatable bonds is 9. The summed E-state index contributed by atoms with van der Waals surface area (Å²) in [5, 5.41) is 14.3. The van der Waals surface area contributed by atoms with E-state index in [1.54, 1.807) is 28.9 Å². The van der Waals surface area contributed by atoms with Crippen molar-refractivity contribution in [3.8, 4) is 0 Å². The second kappa shape index (κ2) is 11.5. The van der Waals surface area contributed by atoms with Gasteiger partial charge >= 0.3 is 0 Å². The van der Waals surface area contributed by atoms with Gasteiger partial charge in [0, 0.05) is 23.8 Å². The first-order valence-electron chi connectivity index (χ1n) is 12.9. The van der Waals surface area contributed by atoms with Crippen LogP contribution in [0.2, 0.25) is 0 Å². The Hall–Kier alpha value is -4.53. The van der Waals surface area contributed by atoms with E-state index in [0.29, 0.717) is 28.9 Å². The minimum absolute atomic E-state index is 0.124. The molecule has 1 atom stereocenters. The standard InChI is InChI=1S/C30H34N6O3/c1-6-30(4,5)32-29(39)28(24-12-8-7-11-20(24)2)36(23-17-15-22(16-18-23)31-21(3)37)27(38)19-35-26-14-10-9-13-25(26)33-34-35/h7-18,28H,6,19H2,1-5H3,(H,31,37)(H,32,39). The van der Waals surface area contributed by atoms with Gasteiger partial charge in [-0.2, -0.15) is 0 Å². The molecular formula is C30H34N6O3. The zero-order valence-electron chi connectivity index (χ0n) is 22.9. The van der Waals surface area contributed by atoms with Crippen LogP contribution in [-0.2, 0) is 20.9 Å². The average molecular weight is 527 g/mol. The highest BCUT2D eigenvalue weighted by Gasteiger charge is 2.36. The van der Waals surface area contributed by atoms with Gasteiger partial charge in [-0.05, 0) is 74.7 Å². The number of hydrogen-bond donors (Lipinski definition) is 2. The number of carbonyl (C=O) groups is 3. The van der Waals surface area contributed by atoms with E-state index in [1.807, 2.05) is 76.2 Å². The van der Waals surface area contributed by atoms with Gasteiger partial charge in [0.1, 0.15) is 18.1 Å².